The molecule has 0 N–H and O–H groups in total. The minimum absolute atomic E-state index is 0.327. The average molecular weight is 711 g/mol. The van der Waals surface area contributed by atoms with E-state index in [1.807, 2.05) is 0 Å². The van der Waals surface area contributed by atoms with Crippen molar-refractivity contribution in [2.45, 2.75) is 41.7 Å². The molecule has 1 rings (SSSR count). The Morgan fingerprint density at radius 1 is 0.622 bits per heavy atom. The zero-order chi connectivity index (χ0) is 36.1. The first kappa shape index (κ1) is 39.7. The first-order valence-electron chi connectivity index (χ1n) is 10.5. The summed E-state index contributed by atoms with van der Waals surface area (Å²) in [7, 11) is 2.56. The van der Waals surface area contributed by atoms with Crippen molar-refractivity contribution < 1.29 is 106 Å². The zero-order valence-electron chi connectivity index (χ0n) is 21.0. The van der Waals surface area contributed by atoms with E-state index in [1.165, 1.54) is 19.0 Å². The number of benzene rings is 1. The molecule has 45 heavy (non-hydrogen) atoms. The number of nitrogens with zero attached hydrogens (tertiary/aromatic N) is 1. The molecule has 0 aromatic heterocycles. The van der Waals surface area contributed by atoms with Crippen LogP contribution in [0.4, 0.5) is 92.2 Å². The number of carbonyl (C=O) groups is 1. The van der Waals surface area contributed by atoms with Gasteiger partial charge >= 0.3 is 53.7 Å². The number of rotatable bonds is 12. The van der Waals surface area contributed by atoms with Crippen LogP contribution in [-0.2, 0) is 4.74 Å². The number of halogens is 21. The average Bonchev–Trinajstić information content (AvgIpc) is 2.88. The highest BCUT2D eigenvalue weighted by Crippen LogP contribution is 2.63. The van der Waals surface area contributed by atoms with Crippen LogP contribution in [-0.4, -0.2) is 79.8 Å². The molecule has 0 saturated heterocycles. The molecule has 25 heteroatoms. The third-order valence-electron chi connectivity index (χ3n) is 5.17. The monoisotopic (exact) mass is 711 g/mol. The van der Waals surface area contributed by atoms with Crippen molar-refractivity contribution in [3.05, 3.63) is 40.7 Å². The van der Waals surface area contributed by atoms with Gasteiger partial charge in [0, 0.05) is 6.54 Å². The summed E-state index contributed by atoms with van der Waals surface area (Å²) >= 11 is 0. The SMILES string of the molecule is CN(C)CCOC(=O)c1c(F)c(F)c(F)c(F)c1OC(F)=C(F)C(F)(F)C(F)(F)C(F)(F)C(F)(F)C(F)(F)C(F)(F)C(F)(F)F. The maximum absolute atomic E-state index is 14.1. The van der Waals surface area contributed by atoms with Gasteiger partial charge in [-0.1, -0.05) is 0 Å². The van der Waals surface area contributed by atoms with E-state index in [0.29, 0.717) is 0 Å². The summed E-state index contributed by atoms with van der Waals surface area (Å²) in [6, 6.07) is -4.35. The Labute approximate surface area is 233 Å². The van der Waals surface area contributed by atoms with Crippen molar-refractivity contribution in [3.63, 3.8) is 0 Å². The molecule has 0 aliphatic rings. The van der Waals surface area contributed by atoms with Gasteiger partial charge in [0.2, 0.25) is 17.5 Å². The first-order valence-corrected chi connectivity index (χ1v) is 10.5. The van der Waals surface area contributed by atoms with E-state index in [0.717, 1.165) is 0 Å². The van der Waals surface area contributed by atoms with Crippen LogP contribution in [0.1, 0.15) is 10.4 Å². The highest BCUT2D eigenvalue weighted by molar-refractivity contribution is 5.93. The Morgan fingerprint density at radius 2 is 1.02 bits per heavy atom. The number of hydrogen-bond acceptors (Lipinski definition) is 4. The van der Waals surface area contributed by atoms with Gasteiger partial charge in [0.15, 0.2) is 17.4 Å². The largest absolute Gasteiger partial charge is 0.461 e. The van der Waals surface area contributed by atoms with Crippen LogP contribution in [0.3, 0.4) is 0 Å². The molecule has 0 radical (unpaired) electrons. The second kappa shape index (κ2) is 12.1. The van der Waals surface area contributed by atoms with Gasteiger partial charge in [0.1, 0.15) is 12.2 Å². The number of esters is 1. The summed E-state index contributed by atoms with van der Waals surface area (Å²) in [5.41, 5.74) is -2.52. The van der Waals surface area contributed by atoms with Gasteiger partial charge in [-0.3, -0.25) is 0 Å². The molecule has 1 aromatic rings. The van der Waals surface area contributed by atoms with Crippen LogP contribution in [0.5, 0.6) is 5.75 Å². The zero-order valence-corrected chi connectivity index (χ0v) is 21.0. The highest BCUT2D eigenvalue weighted by Gasteiger charge is 2.94. The van der Waals surface area contributed by atoms with Gasteiger partial charge in [0.25, 0.3) is 0 Å². The number of allylic oxidation sites excluding steroid dienone is 1. The second-order valence-corrected chi connectivity index (χ2v) is 8.53. The minimum Gasteiger partial charge on any atom is -0.461 e. The van der Waals surface area contributed by atoms with Gasteiger partial charge in [-0.15, -0.1) is 0 Å². The molecule has 0 atom stereocenters. The van der Waals surface area contributed by atoms with E-state index in [9.17, 15) is 97.0 Å². The normalized spacial score (nSPS) is 14.9. The Morgan fingerprint density at radius 3 is 1.44 bits per heavy atom. The highest BCUT2D eigenvalue weighted by atomic mass is 19.4. The van der Waals surface area contributed by atoms with E-state index >= 15 is 0 Å². The number of alkyl halides is 15. The topological polar surface area (TPSA) is 38.8 Å². The molecule has 4 nitrogen and oxygen atoms in total. The van der Waals surface area contributed by atoms with Gasteiger partial charge in [-0.2, -0.15) is 79.0 Å². The number of ether oxygens (including phenoxy) is 2. The number of hydrogen-bond donors (Lipinski definition) is 0. The molecule has 0 heterocycles. The standard InChI is InChI=1S/C20H10F21NO3/c1-42(2)3-4-44-13(43)5-6(21)7(22)8(23)9(24)10(5)45-12(26)11(25)14(27,28)15(29,30)16(31,32)17(33,34)18(35,36)19(37,38)20(39,40)41/h3-4H2,1-2H3. The van der Waals surface area contributed by atoms with Crippen molar-refractivity contribution in [2.75, 3.05) is 27.2 Å². The molecule has 0 saturated carbocycles. The molecule has 260 valence electrons. The van der Waals surface area contributed by atoms with Crippen LogP contribution in [0.25, 0.3) is 0 Å². The second-order valence-electron chi connectivity index (χ2n) is 8.53. The molecule has 0 unspecified atom stereocenters. The molecule has 0 bridgehead atoms. The van der Waals surface area contributed by atoms with Gasteiger partial charge in [0.05, 0.1) is 0 Å². The van der Waals surface area contributed by atoms with Crippen molar-refractivity contribution in [1.29, 1.82) is 0 Å². The molecule has 0 fully saturated rings. The minimum atomic E-state index is -8.90. The first-order chi connectivity index (χ1) is 19.8. The van der Waals surface area contributed by atoms with Crippen molar-refractivity contribution in [2.24, 2.45) is 0 Å². The van der Waals surface area contributed by atoms with Crippen molar-refractivity contribution in [1.82, 2.24) is 4.90 Å². The van der Waals surface area contributed by atoms with E-state index in [4.69, 9.17) is 0 Å². The van der Waals surface area contributed by atoms with E-state index in [2.05, 4.69) is 9.47 Å². The van der Waals surface area contributed by atoms with Gasteiger partial charge < -0.3 is 14.4 Å². The number of likely N-dealkylation sites (N-methyl/N-ethyl adjacent to an activating group) is 1. The number of carbonyl (C=O) groups excluding carboxylic acids is 1. The summed E-state index contributed by atoms with van der Waals surface area (Å²) < 4.78 is 289. The lowest BCUT2D eigenvalue weighted by atomic mass is 9.91. The fraction of sp³-hybridized carbons (Fsp3) is 0.550. The summed E-state index contributed by atoms with van der Waals surface area (Å²) in [5.74, 6) is -74.3. The molecule has 0 aliphatic carbocycles. The van der Waals surface area contributed by atoms with Crippen molar-refractivity contribution >= 4 is 5.97 Å². The van der Waals surface area contributed by atoms with Crippen LogP contribution < -0.4 is 4.74 Å². The Bertz CT molecular complexity index is 1320. The van der Waals surface area contributed by atoms with E-state index in [1.54, 1.807) is 0 Å². The van der Waals surface area contributed by atoms with Crippen LogP contribution in [0.2, 0.25) is 0 Å². The van der Waals surface area contributed by atoms with E-state index < -0.39 is 101 Å². The smallest absolute Gasteiger partial charge is 0.460 e. The molecular weight excluding hydrogens is 701 g/mol. The Hall–Kier alpha value is -3.28. The quantitative estimate of drug-likeness (QED) is 0.0730. The third-order valence-corrected chi connectivity index (χ3v) is 5.17. The molecule has 0 aliphatic heterocycles. The van der Waals surface area contributed by atoms with Crippen LogP contribution in [0, 0.1) is 23.3 Å². The summed E-state index contributed by atoms with van der Waals surface area (Å²) in [4.78, 5) is 13.2. The predicted octanol–water partition coefficient (Wildman–Crippen LogP) is 7.82. The van der Waals surface area contributed by atoms with Gasteiger partial charge in [-0.25, -0.2) is 18.0 Å². The fourth-order valence-corrected chi connectivity index (χ4v) is 2.65. The fourth-order valence-electron chi connectivity index (χ4n) is 2.65. The van der Waals surface area contributed by atoms with E-state index in [-0.39, 0.29) is 6.54 Å². The third kappa shape index (κ3) is 6.26. The van der Waals surface area contributed by atoms with Crippen LogP contribution >= 0.6 is 0 Å². The molecular formula is C20H10F21NO3. The Balaban J connectivity index is 3.81. The molecule has 0 spiro atoms. The summed E-state index contributed by atoms with van der Waals surface area (Å²) in [6.45, 7) is -1.23. The molecule has 0 amide bonds. The maximum Gasteiger partial charge on any atom is 0.460 e. The molecule has 1 aromatic carbocycles. The summed E-state index contributed by atoms with van der Waals surface area (Å²) in [6.07, 6.45) is -7.95. The van der Waals surface area contributed by atoms with Crippen LogP contribution in [0.15, 0.2) is 11.8 Å². The maximum atomic E-state index is 14.1. The lowest BCUT2D eigenvalue weighted by Crippen LogP contribution is -2.72. The predicted molar refractivity (Wildman–Crippen MR) is 101 cm³/mol. The van der Waals surface area contributed by atoms with Crippen molar-refractivity contribution in [3.8, 4) is 5.75 Å². The lowest BCUT2D eigenvalue weighted by Gasteiger charge is -2.41. The van der Waals surface area contributed by atoms with Gasteiger partial charge in [-0.05, 0) is 14.1 Å². The lowest BCUT2D eigenvalue weighted by molar-refractivity contribution is -0.451. The Kier molecular flexibility index (Phi) is 10.7. The summed E-state index contributed by atoms with van der Waals surface area (Å²) in [5, 5.41) is 0.